The first-order valence-electron chi connectivity index (χ1n) is 3.62. The summed E-state index contributed by atoms with van der Waals surface area (Å²) in [6, 6.07) is 0.866. The smallest absolute Gasteiger partial charge is 0.477 e. The maximum absolute atomic E-state index is 11.9. The molecule has 0 saturated carbocycles. The molecule has 1 heterocycles. The Morgan fingerprint density at radius 2 is 2.06 bits per heavy atom. The molecule has 0 amide bonds. The van der Waals surface area contributed by atoms with Crippen molar-refractivity contribution in [3.05, 3.63) is 25.7 Å². The fraction of sp³-hybridized carbons (Fsp3) is 0.143. The second-order valence-electron chi connectivity index (χ2n) is 2.54. The van der Waals surface area contributed by atoms with Crippen LogP contribution >= 0.6 is 22.6 Å². The Labute approximate surface area is 99.4 Å². The van der Waals surface area contributed by atoms with Crippen LogP contribution in [0.1, 0.15) is 10.5 Å². The van der Waals surface area contributed by atoms with Gasteiger partial charge < -0.3 is 14.8 Å². The van der Waals surface area contributed by atoms with Gasteiger partial charge in [0.15, 0.2) is 0 Å². The van der Waals surface area contributed by atoms with Crippen molar-refractivity contribution in [3.63, 3.8) is 0 Å². The maximum atomic E-state index is 11.9. The summed E-state index contributed by atoms with van der Waals surface area (Å²) in [7, 11) is 0. The quantitative estimate of drug-likeness (QED) is 0.795. The van der Waals surface area contributed by atoms with Gasteiger partial charge in [-0.25, -0.2) is 4.79 Å². The molecule has 0 bridgehead atoms. The highest BCUT2D eigenvalue weighted by molar-refractivity contribution is 14.1. The second kappa shape index (κ2) is 4.31. The summed E-state index contributed by atoms with van der Waals surface area (Å²) in [5, 5.41) is 8.52. The minimum Gasteiger partial charge on any atom is -0.477 e. The minimum atomic E-state index is -5.00. The van der Waals surface area contributed by atoms with E-state index in [1.54, 1.807) is 4.98 Å². The predicted molar refractivity (Wildman–Crippen MR) is 53.4 cm³/mol. The first-order chi connectivity index (χ1) is 7.20. The lowest BCUT2D eigenvalue weighted by Crippen LogP contribution is -2.25. The van der Waals surface area contributed by atoms with E-state index in [0.29, 0.717) is 0 Å². The molecule has 0 aliphatic rings. The number of alkyl halides is 3. The Balaban J connectivity index is 3.24. The van der Waals surface area contributed by atoms with Crippen molar-refractivity contribution in [3.8, 4) is 5.75 Å². The van der Waals surface area contributed by atoms with Crippen molar-refractivity contribution in [2.75, 3.05) is 0 Å². The van der Waals surface area contributed by atoms with Gasteiger partial charge in [0.05, 0.1) is 3.57 Å². The van der Waals surface area contributed by atoms with Crippen LogP contribution in [0.2, 0.25) is 0 Å². The topological polar surface area (TPSA) is 79.4 Å². The molecule has 1 aromatic heterocycles. The van der Waals surface area contributed by atoms with Crippen LogP contribution in [-0.2, 0) is 0 Å². The van der Waals surface area contributed by atoms with Gasteiger partial charge in [0.2, 0.25) is 5.75 Å². The van der Waals surface area contributed by atoms with Crippen molar-refractivity contribution in [1.29, 1.82) is 0 Å². The number of aromatic amines is 1. The SMILES string of the molecule is O=C(O)c1cc(I)c(OC(F)(F)F)c(=O)[nH]1. The standard InChI is InChI=1S/C7H3F3INO4/c8-7(9,10)16-4-2(11)1-3(6(14)15)12-5(4)13/h1H,(H,12,13)(H,14,15). The van der Waals surface area contributed by atoms with Crippen molar-refractivity contribution >= 4 is 28.6 Å². The van der Waals surface area contributed by atoms with Crippen molar-refractivity contribution in [2.24, 2.45) is 0 Å². The van der Waals surface area contributed by atoms with Crippen LogP contribution in [0.5, 0.6) is 5.75 Å². The predicted octanol–water partition coefficient (Wildman–Crippen LogP) is 1.58. The van der Waals surface area contributed by atoms with Crippen molar-refractivity contribution in [2.45, 2.75) is 6.36 Å². The monoisotopic (exact) mass is 349 g/mol. The van der Waals surface area contributed by atoms with Crippen molar-refractivity contribution < 1.29 is 27.8 Å². The van der Waals surface area contributed by atoms with E-state index >= 15 is 0 Å². The molecule has 0 saturated heterocycles. The largest absolute Gasteiger partial charge is 0.573 e. The highest BCUT2D eigenvalue weighted by Gasteiger charge is 2.33. The summed E-state index contributed by atoms with van der Waals surface area (Å²) < 4.78 is 38.8. The Bertz CT molecular complexity index is 482. The molecule has 0 spiro atoms. The van der Waals surface area contributed by atoms with Crippen LogP contribution in [0.4, 0.5) is 13.2 Å². The fourth-order valence-corrected chi connectivity index (χ4v) is 1.51. The van der Waals surface area contributed by atoms with E-state index < -0.39 is 29.3 Å². The summed E-state index contributed by atoms with van der Waals surface area (Å²) >= 11 is 1.38. The number of nitrogens with one attached hydrogen (secondary N) is 1. The third-order valence-electron chi connectivity index (χ3n) is 1.39. The third kappa shape index (κ3) is 3.12. The zero-order valence-electron chi connectivity index (χ0n) is 7.26. The molecule has 1 aromatic rings. The maximum Gasteiger partial charge on any atom is 0.573 e. The zero-order valence-corrected chi connectivity index (χ0v) is 9.42. The lowest BCUT2D eigenvalue weighted by Gasteiger charge is -2.09. The molecule has 88 valence electrons. The van der Waals surface area contributed by atoms with Crippen LogP contribution in [0.25, 0.3) is 0 Å². The highest BCUT2D eigenvalue weighted by Crippen LogP contribution is 2.24. The molecule has 0 aliphatic heterocycles. The lowest BCUT2D eigenvalue weighted by atomic mass is 10.3. The summed E-state index contributed by atoms with van der Waals surface area (Å²) in [6.07, 6.45) is -5.00. The Morgan fingerprint density at radius 1 is 1.50 bits per heavy atom. The fourth-order valence-electron chi connectivity index (χ4n) is 0.842. The molecule has 0 radical (unpaired) electrons. The molecule has 16 heavy (non-hydrogen) atoms. The molecule has 5 nitrogen and oxygen atoms in total. The molecule has 0 atom stereocenters. The number of carboxylic acid groups (broad SMARTS) is 1. The molecule has 0 aliphatic carbocycles. The molecule has 0 aromatic carbocycles. The number of halogens is 4. The van der Waals surface area contributed by atoms with Crippen LogP contribution in [0.3, 0.4) is 0 Å². The molecular weight excluding hydrogens is 346 g/mol. The number of aromatic carboxylic acids is 1. The van der Waals surface area contributed by atoms with E-state index in [2.05, 4.69) is 4.74 Å². The van der Waals surface area contributed by atoms with Crippen LogP contribution < -0.4 is 10.3 Å². The number of hydrogen-bond acceptors (Lipinski definition) is 3. The Hall–Kier alpha value is -1.26. The van der Waals surface area contributed by atoms with Crippen LogP contribution in [0.15, 0.2) is 10.9 Å². The summed E-state index contributed by atoms with van der Waals surface area (Å²) in [6.45, 7) is 0. The van der Waals surface area contributed by atoms with Gasteiger partial charge in [0.25, 0.3) is 5.56 Å². The summed E-state index contributed by atoms with van der Waals surface area (Å²) in [5.41, 5.74) is -1.76. The highest BCUT2D eigenvalue weighted by atomic mass is 127. The number of ether oxygens (including phenoxy) is 1. The van der Waals surface area contributed by atoms with E-state index in [0.717, 1.165) is 6.07 Å². The van der Waals surface area contributed by atoms with Gasteiger partial charge in [0.1, 0.15) is 5.69 Å². The van der Waals surface area contributed by atoms with Gasteiger partial charge in [-0.3, -0.25) is 4.79 Å². The van der Waals surface area contributed by atoms with Gasteiger partial charge in [-0.2, -0.15) is 0 Å². The Morgan fingerprint density at radius 3 is 2.44 bits per heavy atom. The van der Waals surface area contributed by atoms with E-state index in [1.807, 2.05) is 0 Å². The molecule has 1 rings (SSSR count). The van der Waals surface area contributed by atoms with E-state index in [1.165, 1.54) is 22.6 Å². The second-order valence-corrected chi connectivity index (χ2v) is 3.70. The summed E-state index contributed by atoms with van der Waals surface area (Å²) in [4.78, 5) is 23.3. The van der Waals surface area contributed by atoms with Gasteiger partial charge in [-0.05, 0) is 28.7 Å². The molecule has 9 heteroatoms. The number of hydrogen-bond donors (Lipinski definition) is 2. The van der Waals surface area contributed by atoms with Crippen LogP contribution in [0, 0.1) is 3.57 Å². The summed E-state index contributed by atoms with van der Waals surface area (Å²) in [5.74, 6) is -2.42. The number of carboxylic acids is 1. The molecular formula is C7H3F3INO4. The number of rotatable bonds is 2. The number of carbonyl (C=O) groups is 1. The van der Waals surface area contributed by atoms with Gasteiger partial charge in [-0.1, -0.05) is 0 Å². The van der Waals surface area contributed by atoms with Gasteiger partial charge in [-0.15, -0.1) is 13.2 Å². The molecule has 2 N–H and O–H groups in total. The number of H-pyrrole nitrogens is 1. The first-order valence-corrected chi connectivity index (χ1v) is 4.70. The first kappa shape index (κ1) is 12.8. The van der Waals surface area contributed by atoms with E-state index in [9.17, 15) is 22.8 Å². The van der Waals surface area contributed by atoms with Crippen LogP contribution in [-0.4, -0.2) is 22.4 Å². The van der Waals surface area contributed by atoms with Gasteiger partial charge >= 0.3 is 12.3 Å². The third-order valence-corrected chi connectivity index (χ3v) is 2.19. The molecule has 0 unspecified atom stereocenters. The van der Waals surface area contributed by atoms with E-state index in [-0.39, 0.29) is 3.57 Å². The van der Waals surface area contributed by atoms with Crippen molar-refractivity contribution in [1.82, 2.24) is 4.98 Å². The molecule has 0 fully saturated rings. The minimum absolute atomic E-state index is 0.240. The Kier molecular flexibility index (Phi) is 3.45. The van der Waals surface area contributed by atoms with Gasteiger partial charge in [0, 0.05) is 0 Å². The number of aromatic nitrogens is 1. The normalized spacial score (nSPS) is 11.2. The average molecular weight is 349 g/mol. The zero-order chi connectivity index (χ0) is 12.5. The lowest BCUT2D eigenvalue weighted by molar-refractivity contribution is -0.275. The number of pyridine rings is 1. The van der Waals surface area contributed by atoms with E-state index in [4.69, 9.17) is 5.11 Å². The average Bonchev–Trinajstić information content (AvgIpc) is 2.09.